The Kier molecular flexibility index (Phi) is 8.94. The normalized spacial score (nSPS) is 16.9. The third kappa shape index (κ3) is 5.62. The number of allylic oxidation sites excluding steroid dienone is 2. The van der Waals surface area contributed by atoms with E-state index in [2.05, 4.69) is 90.9 Å². The van der Waals surface area contributed by atoms with Crippen molar-refractivity contribution in [1.82, 2.24) is 0 Å². The standard InChI is InChI=1S/C25H32.2C2H6/c1-17-8-10-20(11-9-17)18(2)19(3)21-12-13-22-23(16-21)25(6,7)15-14-24(22,4)5;2*1-2/h8-13,16H,14-15H2,1-7H3;2*1-2H3/b19-18-;;. The summed E-state index contributed by atoms with van der Waals surface area (Å²) in [5.41, 5.74) is 10.4. The maximum atomic E-state index is 2.46. The van der Waals surface area contributed by atoms with Gasteiger partial charge in [0.15, 0.2) is 0 Å². The molecule has 0 saturated heterocycles. The van der Waals surface area contributed by atoms with Crippen molar-refractivity contribution in [2.24, 2.45) is 0 Å². The highest BCUT2D eigenvalue weighted by Gasteiger charge is 2.36. The smallest absolute Gasteiger partial charge is 0.0100 e. The molecule has 0 aromatic heterocycles. The lowest BCUT2D eigenvalue weighted by Gasteiger charge is -2.42. The highest BCUT2D eigenvalue weighted by molar-refractivity contribution is 5.89. The van der Waals surface area contributed by atoms with Gasteiger partial charge in [-0.2, -0.15) is 0 Å². The van der Waals surface area contributed by atoms with E-state index >= 15 is 0 Å². The van der Waals surface area contributed by atoms with Crippen LogP contribution in [0.2, 0.25) is 0 Å². The minimum absolute atomic E-state index is 0.263. The average molecular weight is 393 g/mol. The van der Waals surface area contributed by atoms with Crippen LogP contribution in [0.5, 0.6) is 0 Å². The predicted molar refractivity (Wildman–Crippen MR) is 134 cm³/mol. The van der Waals surface area contributed by atoms with Crippen molar-refractivity contribution in [3.63, 3.8) is 0 Å². The van der Waals surface area contributed by atoms with Gasteiger partial charge in [0.1, 0.15) is 0 Å². The third-order valence-corrected chi connectivity index (χ3v) is 6.33. The van der Waals surface area contributed by atoms with E-state index in [1.54, 1.807) is 0 Å². The van der Waals surface area contributed by atoms with Gasteiger partial charge >= 0.3 is 0 Å². The van der Waals surface area contributed by atoms with Gasteiger partial charge in [-0.05, 0) is 77.8 Å². The van der Waals surface area contributed by atoms with Crippen molar-refractivity contribution in [2.45, 2.75) is 99.8 Å². The zero-order valence-electron chi connectivity index (χ0n) is 21.0. The number of benzene rings is 2. The topological polar surface area (TPSA) is 0 Å². The second-order valence-electron chi connectivity index (χ2n) is 9.14. The molecule has 0 bridgehead atoms. The first-order valence-electron chi connectivity index (χ1n) is 11.5. The van der Waals surface area contributed by atoms with Crippen LogP contribution < -0.4 is 0 Å². The van der Waals surface area contributed by atoms with E-state index in [9.17, 15) is 0 Å². The first-order chi connectivity index (χ1) is 13.6. The average Bonchev–Trinajstić information content (AvgIpc) is 2.74. The summed E-state index contributed by atoms with van der Waals surface area (Å²) in [7, 11) is 0. The van der Waals surface area contributed by atoms with Crippen LogP contribution in [0.1, 0.15) is 110 Å². The van der Waals surface area contributed by atoms with Gasteiger partial charge < -0.3 is 0 Å². The second-order valence-corrected chi connectivity index (χ2v) is 9.14. The Morgan fingerprint density at radius 1 is 0.621 bits per heavy atom. The van der Waals surface area contributed by atoms with E-state index in [4.69, 9.17) is 0 Å². The summed E-state index contributed by atoms with van der Waals surface area (Å²) in [5, 5.41) is 0. The maximum absolute atomic E-state index is 2.46. The molecule has 0 fully saturated rings. The summed E-state index contributed by atoms with van der Waals surface area (Å²) >= 11 is 0. The fourth-order valence-electron chi connectivity index (χ4n) is 4.06. The van der Waals surface area contributed by atoms with Crippen molar-refractivity contribution < 1.29 is 0 Å². The molecule has 0 unspecified atom stereocenters. The van der Waals surface area contributed by atoms with Gasteiger partial charge in [-0.1, -0.05) is 103 Å². The molecule has 0 nitrogen and oxygen atoms in total. The number of fused-ring (bicyclic) bond motifs is 1. The number of rotatable bonds is 2. The molecule has 2 aromatic carbocycles. The number of hydrogen-bond acceptors (Lipinski definition) is 0. The Hall–Kier alpha value is -1.82. The Labute approximate surface area is 181 Å². The van der Waals surface area contributed by atoms with Crippen molar-refractivity contribution in [3.8, 4) is 0 Å². The summed E-state index contributed by atoms with van der Waals surface area (Å²) in [6.07, 6.45) is 2.53. The zero-order valence-corrected chi connectivity index (χ0v) is 21.0. The molecule has 1 aliphatic rings. The molecule has 3 rings (SSSR count). The molecule has 2 aromatic rings. The molecule has 0 heteroatoms. The van der Waals surface area contributed by atoms with Gasteiger partial charge in [-0.15, -0.1) is 0 Å². The first-order valence-corrected chi connectivity index (χ1v) is 11.5. The third-order valence-electron chi connectivity index (χ3n) is 6.33. The Bertz CT molecular complexity index is 814. The van der Waals surface area contributed by atoms with Gasteiger partial charge in [0, 0.05) is 0 Å². The van der Waals surface area contributed by atoms with Crippen molar-refractivity contribution in [3.05, 3.63) is 70.3 Å². The van der Waals surface area contributed by atoms with Crippen LogP contribution in [0.3, 0.4) is 0 Å². The molecule has 0 N–H and O–H groups in total. The lowest BCUT2D eigenvalue weighted by molar-refractivity contribution is 0.332. The lowest BCUT2D eigenvalue weighted by atomic mass is 9.63. The fraction of sp³-hybridized carbons (Fsp3) is 0.517. The van der Waals surface area contributed by atoms with E-state index in [0.29, 0.717) is 0 Å². The maximum Gasteiger partial charge on any atom is -0.0100 e. The largest absolute Gasteiger partial charge is 0.0683 e. The summed E-state index contributed by atoms with van der Waals surface area (Å²) < 4.78 is 0. The molecule has 0 aliphatic heterocycles. The molecule has 160 valence electrons. The van der Waals surface area contributed by atoms with Gasteiger partial charge in [0.2, 0.25) is 0 Å². The molecule has 29 heavy (non-hydrogen) atoms. The van der Waals surface area contributed by atoms with Crippen LogP contribution in [0.15, 0.2) is 42.5 Å². The summed E-state index contributed by atoms with van der Waals surface area (Å²) in [6.45, 7) is 24.2. The van der Waals surface area contributed by atoms with Crippen LogP contribution in [0.4, 0.5) is 0 Å². The van der Waals surface area contributed by atoms with E-state index in [-0.39, 0.29) is 10.8 Å². The Morgan fingerprint density at radius 2 is 1.03 bits per heavy atom. The van der Waals surface area contributed by atoms with Crippen molar-refractivity contribution >= 4 is 11.1 Å². The van der Waals surface area contributed by atoms with Crippen LogP contribution in [-0.2, 0) is 10.8 Å². The molecule has 0 heterocycles. The number of hydrogen-bond donors (Lipinski definition) is 0. The van der Waals surface area contributed by atoms with Crippen molar-refractivity contribution in [1.29, 1.82) is 0 Å². The second kappa shape index (κ2) is 10.3. The summed E-state index contributed by atoms with van der Waals surface area (Å²) in [4.78, 5) is 0. The van der Waals surface area contributed by atoms with Gasteiger partial charge in [0.05, 0.1) is 0 Å². The van der Waals surface area contributed by atoms with Crippen LogP contribution in [0.25, 0.3) is 11.1 Å². The van der Waals surface area contributed by atoms with E-state index in [1.165, 1.54) is 51.8 Å². The molecule has 1 aliphatic carbocycles. The molecule has 0 spiro atoms. The monoisotopic (exact) mass is 392 g/mol. The highest BCUT2D eigenvalue weighted by atomic mass is 14.4. The molecule has 0 amide bonds. The van der Waals surface area contributed by atoms with Gasteiger partial charge in [-0.3, -0.25) is 0 Å². The van der Waals surface area contributed by atoms with Crippen molar-refractivity contribution in [2.75, 3.05) is 0 Å². The number of aryl methyl sites for hydroxylation is 1. The summed E-state index contributed by atoms with van der Waals surface area (Å²) in [6, 6.07) is 16.0. The van der Waals surface area contributed by atoms with E-state index < -0.39 is 0 Å². The molecule has 0 saturated carbocycles. The Morgan fingerprint density at radius 3 is 1.55 bits per heavy atom. The highest BCUT2D eigenvalue weighted by Crippen LogP contribution is 2.46. The molecule has 0 radical (unpaired) electrons. The van der Waals surface area contributed by atoms with Gasteiger partial charge in [0.25, 0.3) is 0 Å². The van der Waals surface area contributed by atoms with E-state index in [0.717, 1.165) is 0 Å². The molecule has 0 atom stereocenters. The molecular weight excluding hydrogens is 348 g/mol. The van der Waals surface area contributed by atoms with Crippen LogP contribution in [-0.4, -0.2) is 0 Å². The lowest BCUT2D eigenvalue weighted by Crippen LogP contribution is -2.33. The predicted octanol–water partition coefficient (Wildman–Crippen LogP) is 9.35. The minimum Gasteiger partial charge on any atom is -0.0683 e. The minimum atomic E-state index is 0.263. The fourth-order valence-corrected chi connectivity index (χ4v) is 4.06. The van der Waals surface area contributed by atoms with Gasteiger partial charge in [-0.25, -0.2) is 0 Å². The van der Waals surface area contributed by atoms with Crippen LogP contribution in [0, 0.1) is 6.92 Å². The quantitative estimate of drug-likeness (QED) is 0.446. The molecular formula is C29H44. The first kappa shape index (κ1) is 25.2. The zero-order chi connectivity index (χ0) is 22.4. The van der Waals surface area contributed by atoms with Crippen LogP contribution >= 0.6 is 0 Å². The summed E-state index contributed by atoms with van der Waals surface area (Å²) in [5.74, 6) is 0. The Balaban J connectivity index is 0.000000989. The van der Waals surface area contributed by atoms with E-state index in [1.807, 2.05) is 27.7 Å². The SMILES string of the molecule is C/C(=C(\C)c1ccc2c(c1)C(C)(C)CCC2(C)C)c1ccc(C)cc1.CC.CC.